The number of terminal acetylenes is 1. The molecule has 1 saturated heterocycles. The Kier molecular flexibility index (Phi) is 13.1. The van der Waals surface area contributed by atoms with Crippen molar-refractivity contribution >= 4 is 0 Å². The fourth-order valence-corrected chi connectivity index (χ4v) is 6.81. The molecule has 5 atom stereocenters. The maximum absolute atomic E-state index is 7.07. The van der Waals surface area contributed by atoms with Gasteiger partial charge in [-0.25, -0.2) is 0 Å². The fourth-order valence-electron chi connectivity index (χ4n) is 6.81. The smallest absolute Gasteiger partial charge is 0.187 e. The average Bonchev–Trinajstić information content (AvgIpc) is 3.15. The summed E-state index contributed by atoms with van der Waals surface area (Å²) in [6.07, 6.45) is 8.60. The molecular weight excluding hydrogens is 612 g/mol. The molecule has 6 heteroatoms. The first kappa shape index (κ1) is 35.0. The topological polar surface area (TPSA) is 55.4 Å². The lowest BCUT2D eigenvalue weighted by atomic mass is 9.82. The van der Waals surface area contributed by atoms with Gasteiger partial charge in [-0.3, -0.25) is 0 Å². The Morgan fingerprint density at radius 1 is 0.571 bits per heavy atom. The Bertz CT molecular complexity index is 1540. The first-order chi connectivity index (χ1) is 24.2. The summed E-state index contributed by atoms with van der Waals surface area (Å²) in [5, 5.41) is 0. The molecule has 6 rings (SSSR count). The van der Waals surface area contributed by atoms with E-state index in [1.807, 2.05) is 72.8 Å². The Labute approximate surface area is 291 Å². The monoisotopic (exact) mass is 660 g/mol. The molecule has 49 heavy (non-hydrogen) atoms. The first-order valence-corrected chi connectivity index (χ1v) is 17.6. The van der Waals surface area contributed by atoms with E-state index in [2.05, 4.69) is 54.5 Å². The molecule has 0 N–H and O–H groups in total. The molecule has 256 valence electrons. The van der Waals surface area contributed by atoms with Crippen molar-refractivity contribution in [1.29, 1.82) is 0 Å². The van der Waals surface area contributed by atoms with Gasteiger partial charge in [-0.2, -0.15) is 0 Å². The van der Waals surface area contributed by atoms with Crippen LogP contribution >= 0.6 is 0 Å². The van der Waals surface area contributed by atoms with Crippen LogP contribution in [0.3, 0.4) is 0 Å². The van der Waals surface area contributed by atoms with E-state index >= 15 is 0 Å². The lowest BCUT2D eigenvalue weighted by Crippen LogP contribution is -2.63. The molecule has 0 bridgehead atoms. The van der Waals surface area contributed by atoms with Crippen LogP contribution in [0.1, 0.15) is 60.8 Å². The molecule has 0 radical (unpaired) electrons. The van der Waals surface area contributed by atoms with Crippen molar-refractivity contribution in [2.75, 3.05) is 6.61 Å². The molecule has 1 heterocycles. The summed E-state index contributed by atoms with van der Waals surface area (Å²) in [4.78, 5) is 0. The largest absolute Gasteiger partial charge is 0.374 e. The van der Waals surface area contributed by atoms with Crippen molar-refractivity contribution < 1.29 is 28.4 Å². The number of rotatable bonds is 16. The van der Waals surface area contributed by atoms with Gasteiger partial charge >= 0.3 is 0 Å². The van der Waals surface area contributed by atoms with Crippen LogP contribution in [-0.4, -0.2) is 42.9 Å². The highest BCUT2D eigenvalue weighted by atomic mass is 16.7. The van der Waals surface area contributed by atoms with Crippen molar-refractivity contribution in [1.82, 2.24) is 0 Å². The summed E-state index contributed by atoms with van der Waals surface area (Å²) in [6, 6.07) is 40.7. The maximum atomic E-state index is 7.07. The van der Waals surface area contributed by atoms with E-state index in [0.29, 0.717) is 32.8 Å². The summed E-state index contributed by atoms with van der Waals surface area (Å²) in [5.74, 6) is 2.91. The van der Waals surface area contributed by atoms with Crippen LogP contribution in [0.2, 0.25) is 0 Å². The van der Waals surface area contributed by atoms with Gasteiger partial charge < -0.3 is 28.4 Å². The van der Waals surface area contributed by atoms with Crippen LogP contribution < -0.4 is 0 Å². The highest BCUT2D eigenvalue weighted by Crippen LogP contribution is 2.40. The second-order valence-electron chi connectivity index (χ2n) is 13.1. The van der Waals surface area contributed by atoms with Crippen molar-refractivity contribution in [3.05, 3.63) is 144 Å². The van der Waals surface area contributed by atoms with Crippen LogP contribution in [0.4, 0.5) is 0 Å². The third-order valence-corrected chi connectivity index (χ3v) is 9.40. The molecule has 0 amide bonds. The molecule has 1 aliphatic carbocycles. The third-order valence-electron chi connectivity index (χ3n) is 9.40. The zero-order chi connectivity index (χ0) is 33.6. The average molecular weight is 661 g/mol. The molecule has 1 saturated carbocycles. The summed E-state index contributed by atoms with van der Waals surface area (Å²) in [7, 11) is 0. The van der Waals surface area contributed by atoms with Crippen LogP contribution in [0.5, 0.6) is 0 Å². The number of ether oxygens (including phenoxy) is 6. The van der Waals surface area contributed by atoms with Gasteiger partial charge in [0.1, 0.15) is 24.4 Å². The molecule has 4 aromatic rings. The van der Waals surface area contributed by atoms with Crippen molar-refractivity contribution in [3.63, 3.8) is 0 Å². The number of hydrogen-bond acceptors (Lipinski definition) is 6. The third kappa shape index (κ3) is 10.1. The number of hydrogen-bond donors (Lipinski definition) is 0. The zero-order valence-corrected chi connectivity index (χ0v) is 28.2. The van der Waals surface area contributed by atoms with Crippen LogP contribution in [0.25, 0.3) is 0 Å². The van der Waals surface area contributed by atoms with Crippen LogP contribution in [0.15, 0.2) is 121 Å². The van der Waals surface area contributed by atoms with E-state index in [-0.39, 0.29) is 6.61 Å². The molecule has 0 unspecified atom stereocenters. The predicted molar refractivity (Wildman–Crippen MR) is 190 cm³/mol. The van der Waals surface area contributed by atoms with Crippen molar-refractivity contribution in [2.24, 2.45) is 0 Å². The Morgan fingerprint density at radius 2 is 1.02 bits per heavy atom. The van der Waals surface area contributed by atoms with Crippen molar-refractivity contribution in [2.45, 2.75) is 101 Å². The van der Waals surface area contributed by atoms with Gasteiger partial charge in [0.25, 0.3) is 0 Å². The van der Waals surface area contributed by atoms with E-state index in [0.717, 1.165) is 47.9 Å². The molecule has 4 aromatic carbocycles. The zero-order valence-electron chi connectivity index (χ0n) is 28.2. The molecular formula is C43H48O6. The molecule has 6 nitrogen and oxygen atoms in total. The van der Waals surface area contributed by atoms with Gasteiger partial charge in [-0.05, 0) is 35.1 Å². The lowest BCUT2D eigenvalue weighted by Gasteiger charge is -2.49. The first-order valence-electron chi connectivity index (χ1n) is 17.6. The normalized spacial score (nSPS) is 23.4. The van der Waals surface area contributed by atoms with Gasteiger partial charge in [-0.1, -0.05) is 141 Å². The van der Waals surface area contributed by atoms with Gasteiger partial charge in [-0.15, -0.1) is 12.3 Å². The molecule has 0 spiro atoms. The fraction of sp³-hybridized carbons (Fsp3) is 0.395. The highest BCUT2D eigenvalue weighted by molar-refractivity contribution is 5.16. The molecule has 2 fully saturated rings. The quantitative estimate of drug-likeness (QED) is 0.113. The van der Waals surface area contributed by atoms with Crippen molar-refractivity contribution in [3.8, 4) is 12.3 Å². The molecule has 2 aliphatic rings. The minimum absolute atomic E-state index is 0.285. The predicted octanol–water partition coefficient (Wildman–Crippen LogP) is 8.43. The van der Waals surface area contributed by atoms with Gasteiger partial charge in [0, 0.05) is 6.42 Å². The Hall–Kier alpha value is -3.80. The Balaban J connectivity index is 1.33. The standard InChI is InChI=1S/C43H48O6/c1-2-26-43(27-16-7-17-28-43)49-42-41(47-32-37-24-14-6-15-25-37)40(46-31-36-22-12-5-13-23-36)39(45-30-35-20-10-4-11-21-35)38(48-42)33-44-29-34-18-8-3-9-19-34/h1,3-6,8-15,18-25,38-42H,7,16-17,26-33H2/t38-,39-,40+,41+,42-/m1/s1. The van der Waals surface area contributed by atoms with Gasteiger partial charge in [0.15, 0.2) is 6.29 Å². The summed E-state index contributed by atoms with van der Waals surface area (Å²) in [6.45, 7) is 1.85. The Morgan fingerprint density at radius 3 is 1.51 bits per heavy atom. The van der Waals surface area contributed by atoms with Gasteiger partial charge in [0.05, 0.1) is 38.6 Å². The van der Waals surface area contributed by atoms with E-state index in [4.69, 9.17) is 34.8 Å². The second kappa shape index (κ2) is 18.3. The van der Waals surface area contributed by atoms with Crippen LogP contribution in [-0.2, 0) is 54.8 Å². The number of benzene rings is 4. The van der Waals surface area contributed by atoms with Crippen LogP contribution in [0, 0.1) is 12.3 Å². The molecule has 1 aliphatic heterocycles. The minimum Gasteiger partial charge on any atom is -0.374 e. The summed E-state index contributed by atoms with van der Waals surface area (Å²) in [5.41, 5.74) is 3.76. The van der Waals surface area contributed by atoms with E-state index in [9.17, 15) is 0 Å². The molecule has 0 aromatic heterocycles. The summed E-state index contributed by atoms with van der Waals surface area (Å²) >= 11 is 0. The highest BCUT2D eigenvalue weighted by Gasteiger charge is 2.51. The SMILES string of the molecule is C#CCC1(O[C@H]2O[C@H](COCc3ccccc3)[C@@H](OCc3ccccc3)[C@H](OCc3ccccc3)[C@@H]2OCc2ccccc2)CCCCC1. The summed E-state index contributed by atoms with van der Waals surface area (Å²) < 4.78 is 40.8. The second-order valence-corrected chi connectivity index (χ2v) is 13.1. The lowest BCUT2D eigenvalue weighted by molar-refractivity contribution is -0.350. The maximum Gasteiger partial charge on any atom is 0.187 e. The minimum atomic E-state index is -0.752. The van der Waals surface area contributed by atoms with Gasteiger partial charge in [0.2, 0.25) is 0 Å². The van der Waals surface area contributed by atoms with E-state index in [1.54, 1.807) is 0 Å². The van der Waals surface area contributed by atoms with E-state index in [1.165, 1.54) is 6.42 Å². The van der Waals surface area contributed by atoms with E-state index < -0.39 is 36.3 Å².